The Balaban J connectivity index is 1.76. The van der Waals surface area contributed by atoms with Crippen molar-refractivity contribution in [3.05, 3.63) is 106 Å². The van der Waals surface area contributed by atoms with Crippen LogP contribution in [0.1, 0.15) is 22.7 Å². The summed E-state index contributed by atoms with van der Waals surface area (Å²) < 4.78 is 5.21. The molecular weight excluding hydrogens is 386 g/mol. The molecular formula is C24H20ClNO3. The topological polar surface area (TPSA) is 49.8 Å². The Hall–Kier alpha value is -3.24. The van der Waals surface area contributed by atoms with Crippen LogP contribution in [0.25, 0.3) is 5.57 Å². The third-order valence-electron chi connectivity index (χ3n) is 5.09. The first kappa shape index (κ1) is 19.1. The molecule has 0 aliphatic carbocycles. The summed E-state index contributed by atoms with van der Waals surface area (Å²) in [5.74, 6) is 0.137. The highest BCUT2D eigenvalue weighted by Crippen LogP contribution is 2.43. The van der Waals surface area contributed by atoms with E-state index in [0.717, 1.165) is 22.4 Å². The van der Waals surface area contributed by atoms with Crippen molar-refractivity contribution in [2.24, 2.45) is 0 Å². The Bertz CT molecular complexity index is 1040. The van der Waals surface area contributed by atoms with E-state index in [-0.39, 0.29) is 11.7 Å². The number of rotatable bonds is 5. The number of halogens is 1. The van der Waals surface area contributed by atoms with Gasteiger partial charge in [0.15, 0.2) is 5.76 Å². The smallest absolute Gasteiger partial charge is 0.290 e. The predicted octanol–water partition coefficient (Wildman–Crippen LogP) is 5.40. The van der Waals surface area contributed by atoms with Gasteiger partial charge in [-0.3, -0.25) is 4.79 Å². The molecule has 29 heavy (non-hydrogen) atoms. The van der Waals surface area contributed by atoms with E-state index in [4.69, 9.17) is 16.3 Å². The average Bonchev–Trinajstić information content (AvgIpc) is 3.00. The zero-order chi connectivity index (χ0) is 20.4. The fourth-order valence-electron chi connectivity index (χ4n) is 3.65. The van der Waals surface area contributed by atoms with Crippen molar-refractivity contribution in [1.29, 1.82) is 0 Å². The molecule has 0 bridgehead atoms. The van der Waals surface area contributed by atoms with Gasteiger partial charge in [-0.15, -0.1) is 0 Å². The minimum absolute atomic E-state index is 0.227. The average molecular weight is 406 g/mol. The molecule has 1 aliphatic heterocycles. The molecule has 1 heterocycles. The molecule has 1 amide bonds. The highest BCUT2D eigenvalue weighted by Gasteiger charge is 2.40. The molecule has 0 saturated heterocycles. The quantitative estimate of drug-likeness (QED) is 0.618. The van der Waals surface area contributed by atoms with E-state index in [0.29, 0.717) is 17.1 Å². The minimum atomic E-state index is -0.396. The molecule has 3 aromatic carbocycles. The van der Waals surface area contributed by atoms with E-state index in [2.05, 4.69) is 0 Å². The Kier molecular flexibility index (Phi) is 5.28. The van der Waals surface area contributed by atoms with Crippen LogP contribution in [-0.4, -0.2) is 23.0 Å². The van der Waals surface area contributed by atoms with E-state index in [1.165, 1.54) is 0 Å². The Morgan fingerprint density at radius 3 is 2.24 bits per heavy atom. The van der Waals surface area contributed by atoms with Crippen LogP contribution in [0.3, 0.4) is 0 Å². The molecule has 0 unspecified atom stereocenters. The van der Waals surface area contributed by atoms with Gasteiger partial charge in [-0.25, -0.2) is 0 Å². The van der Waals surface area contributed by atoms with Crippen molar-refractivity contribution in [1.82, 2.24) is 4.90 Å². The summed E-state index contributed by atoms with van der Waals surface area (Å²) in [5.41, 5.74) is 3.24. The van der Waals surface area contributed by atoms with Gasteiger partial charge in [-0.05, 0) is 41.0 Å². The van der Waals surface area contributed by atoms with Crippen LogP contribution in [0.4, 0.5) is 0 Å². The summed E-state index contributed by atoms with van der Waals surface area (Å²) in [6.07, 6.45) is 0. The van der Waals surface area contributed by atoms with Crippen LogP contribution in [0, 0.1) is 0 Å². The normalized spacial score (nSPS) is 16.4. The van der Waals surface area contributed by atoms with Gasteiger partial charge in [-0.2, -0.15) is 0 Å². The summed E-state index contributed by atoms with van der Waals surface area (Å²) in [5, 5.41) is 11.4. The van der Waals surface area contributed by atoms with E-state index in [1.807, 2.05) is 66.7 Å². The monoisotopic (exact) mass is 405 g/mol. The highest BCUT2D eigenvalue weighted by molar-refractivity contribution is 6.30. The molecule has 1 atom stereocenters. The van der Waals surface area contributed by atoms with Crippen LogP contribution in [-0.2, 0) is 11.3 Å². The molecule has 0 aromatic heterocycles. The number of nitrogens with zero attached hydrogens (tertiary/aromatic N) is 1. The van der Waals surface area contributed by atoms with Gasteiger partial charge in [-0.1, -0.05) is 66.2 Å². The number of methoxy groups -OCH3 is 1. The molecule has 146 valence electrons. The number of benzene rings is 3. The Morgan fingerprint density at radius 1 is 0.966 bits per heavy atom. The number of carbonyl (C=O) groups is 1. The zero-order valence-electron chi connectivity index (χ0n) is 15.9. The second-order valence-corrected chi connectivity index (χ2v) is 7.30. The first-order valence-corrected chi connectivity index (χ1v) is 9.64. The summed E-state index contributed by atoms with van der Waals surface area (Å²) >= 11 is 6.03. The second kappa shape index (κ2) is 8.02. The molecule has 5 heteroatoms. The van der Waals surface area contributed by atoms with Gasteiger partial charge in [0, 0.05) is 17.1 Å². The molecule has 0 fully saturated rings. The Labute approximate surface area is 174 Å². The lowest BCUT2D eigenvalue weighted by molar-refractivity contribution is -0.130. The number of hydrogen-bond donors (Lipinski definition) is 1. The van der Waals surface area contributed by atoms with Crippen molar-refractivity contribution >= 4 is 23.1 Å². The van der Waals surface area contributed by atoms with Crippen molar-refractivity contribution < 1.29 is 14.6 Å². The molecule has 3 aromatic rings. The maximum Gasteiger partial charge on any atom is 0.290 e. The standard InChI is InChI=1S/C24H20ClNO3/c1-29-20-13-7-16(8-14-20)15-26-22(18-5-3-2-4-6-18)21(23(27)24(26)28)17-9-11-19(25)12-10-17/h2-14,22,27H,15H2,1H3/t22-/m1/s1. The molecule has 0 spiro atoms. The lowest BCUT2D eigenvalue weighted by Gasteiger charge is -2.27. The molecule has 0 saturated carbocycles. The number of ether oxygens (including phenoxy) is 1. The van der Waals surface area contributed by atoms with Crippen molar-refractivity contribution in [3.63, 3.8) is 0 Å². The van der Waals surface area contributed by atoms with E-state index < -0.39 is 6.04 Å². The van der Waals surface area contributed by atoms with Crippen molar-refractivity contribution in [2.45, 2.75) is 12.6 Å². The van der Waals surface area contributed by atoms with E-state index >= 15 is 0 Å². The van der Waals surface area contributed by atoms with E-state index in [1.54, 1.807) is 24.1 Å². The first-order chi connectivity index (χ1) is 14.1. The van der Waals surface area contributed by atoms with Gasteiger partial charge < -0.3 is 14.7 Å². The van der Waals surface area contributed by atoms with Gasteiger partial charge in [0.1, 0.15) is 5.75 Å². The predicted molar refractivity (Wildman–Crippen MR) is 114 cm³/mol. The van der Waals surface area contributed by atoms with Crippen LogP contribution >= 0.6 is 11.6 Å². The summed E-state index contributed by atoms with van der Waals surface area (Å²) in [6.45, 7) is 0.365. The van der Waals surface area contributed by atoms with Gasteiger partial charge in [0.05, 0.1) is 13.2 Å². The lowest BCUT2D eigenvalue weighted by Crippen LogP contribution is -2.29. The van der Waals surface area contributed by atoms with Crippen LogP contribution < -0.4 is 4.74 Å². The van der Waals surface area contributed by atoms with Gasteiger partial charge in [0.25, 0.3) is 5.91 Å². The largest absolute Gasteiger partial charge is 0.503 e. The fourth-order valence-corrected chi connectivity index (χ4v) is 3.78. The first-order valence-electron chi connectivity index (χ1n) is 9.26. The molecule has 4 nitrogen and oxygen atoms in total. The van der Waals surface area contributed by atoms with Crippen LogP contribution in [0.5, 0.6) is 5.75 Å². The molecule has 4 rings (SSSR count). The lowest BCUT2D eigenvalue weighted by atomic mass is 9.93. The fraction of sp³-hybridized carbons (Fsp3) is 0.125. The summed E-state index contributed by atoms with van der Waals surface area (Å²) in [7, 11) is 1.62. The third-order valence-corrected chi connectivity index (χ3v) is 5.34. The SMILES string of the molecule is COc1ccc(CN2C(=O)C(O)=C(c3ccc(Cl)cc3)[C@H]2c2ccccc2)cc1. The maximum absolute atomic E-state index is 13.0. The van der Waals surface area contributed by atoms with Gasteiger partial charge in [0.2, 0.25) is 0 Å². The number of aliphatic hydroxyl groups is 1. The third kappa shape index (κ3) is 3.71. The van der Waals surface area contributed by atoms with Crippen LogP contribution in [0.2, 0.25) is 5.02 Å². The number of amides is 1. The van der Waals surface area contributed by atoms with E-state index in [9.17, 15) is 9.90 Å². The van der Waals surface area contributed by atoms with Crippen molar-refractivity contribution in [3.8, 4) is 5.75 Å². The minimum Gasteiger partial charge on any atom is -0.503 e. The number of aliphatic hydroxyl groups excluding tert-OH is 1. The summed E-state index contributed by atoms with van der Waals surface area (Å²) in [6, 6.07) is 24.1. The second-order valence-electron chi connectivity index (χ2n) is 6.86. The van der Waals surface area contributed by atoms with Gasteiger partial charge >= 0.3 is 0 Å². The molecule has 1 aliphatic rings. The zero-order valence-corrected chi connectivity index (χ0v) is 16.6. The number of carbonyl (C=O) groups excluding carboxylic acids is 1. The van der Waals surface area contributed by atoms with Crippen LogP contribution in [0.15, 0.2) is 84.6 Å². The highest BCUT2D eigenvalue weighted by atomic mass is 35.5. The molecule has 0 radical (unpaired) electrons. The summed E-state index contributed by atoms with van der Waals surface area (Å²) in [4.78, 5) is 14.7. The number of hydrogen-bond acceptors (Lipinski definition) is 3. The Morgan fingerprint density at radius 2 is 1.62 bits per heavy atom. The van der Waals surface area contributed by atoms with Crippen molar-refractivity contribution in [2.75, 3.05) is 7.11 Å². The maximum atomic E-state index is 13.0. The molecule has 1 N–H and O–H groups in total.